The van der Waals surface area contributed by atoms with Crippen LogP contribution in [0, 0.1) is 0 Å². The molecular weight excluding hydrogens is 266 g/mol. The topological polar surface area (TPSA) is 74.6 Å². The Morgan fingerprint density at radius 3 is 2.89 bits per heavy atom. The molecule has 1 fully saturated rings. The molecule has 1 aliphatic rings. The normalized spacial score (nSPS) is 16.1. The first-order valence-corrected chi connectivity index (χ1v) is 7.97. The second-order valence-corrected chi connectivity index (χ2v) is 6.72. The lowest BCUT2D eigenvalue weighted by atomic mass is 10.4. The Kier molecular flexibility index (Phi) is 4.98. The highest BCUT2D eigenvalue weighted by Crippen LogP contribution is 2.18. The maximum Gasteiger partial charge on any atom is 0.279 e. The van der Waals surface area contributed by atoms with Gasteiger partial charge in [0.05, 0.1) is 12.5 Å². The molecule has 0 bridgehead atoms. The van der Waals surface area contributed by atoms with E-state index in [0.29, 0.717) is 12.6 Å². The fourth-order valence-corrected chi connectivity index (χ4v) is 2.63. The standard InChI is InChI=1S/C12H21N3O3S/c1-15(7-2-6-13-12-3-4-12)19(16,17)14-9-11-5-8-18-10-11/h5,8,10,12-14H,2-4,6-7,9H2,1H3. The van der Waals surface area contributed by atoms with Crippen molar-refractivity contribution in [3.63, 3.8) is 0 Å². The van der Waals surface area contributed by atoms with E-state index < -0.39 is 10.2 Å². The first-order valence-electron chi connectivity index (χ1n) is 6.53. The van der Waals surface area contributed by atoms with Crippen LogP contribution in [0.5, 0.6) is 0 Å². The van der Waals surface area contributed by atoms with Gasteiger partial charge in [0, 0.05) is 31.7 Å². The third-order valence-electron chi connectivity index (χ3n) is 3.11. The Labute approximate surface area is 114 Å². The van der Waals surface area contributed by atoms with Crippen LogP contribution in [0.4, 0.5) is 0 Å². The van der Waals surface area contributed by atoms with Crippen molar-refractivity contribution in [2.24, 2.45) is 0 Å². The van der Waals surface area contributed by atoms with E-state index in [-0.39, 0.29) is 6.54 Å². The smallest absolute Gasteiger partial charge is 0.279 e. The molecule has 0 aromatic carbocycles. The first-order chi connectivity index (χ1) is 9.08. The Morgan fingerprint density at radius 1 is 1.47 bits per heavy atom. The summed E-state index contributed by atoms with van der Waals surface area (Å²) in [6.07, 6.45) is 6.37. The second-order valence-electron chi connectivity index (χ2n) is 4.86. The van der Waals surface area contributed by atoms with Gasteiger partial charge in [-0.25, -0.2) is 0 Å². The number of nitrogens with zero attached hydrogens (tertiary/aromatic N) is 1. The third kappa shape index (κ3) is 4.94. The van der Waals surface area contributed by atoms with Crippen molar-refractivity contribution in [2.45, 2.75) is 31.8 Å². The highest BCUT2D eigenvalue weighted by atomic mass is 32.2. The Morgan fingerprint density at radius 2 is 2.26 bits per heavy atom. The maximum atomic E-state index is 11.9. The monoisotopic (exact) mass is 287 g/mol. The van der Waals surface area contributed by atoms with Crippen LogP contribution < -0.4 is 10.0 Å². The van der Waals surface area contributed by atoms with E-state index in [4.69, 9.17) is 4.42 Å². The number of hydrogen-bond acceptors (Lipinski definition) is 4. The van der Waals surface area contributed by atoms with Gasteiger partial charge in [-0.05, 0) is 31.9 Å². The van der Waals surface area contributed by atoms with Crippen molar-refractivity contribution >= 4 is 10.2 Å². The van der Waals surface area contributed by atoms with E-state index in [2.05, 4.69) is 10.0 Å². The molecule has 0 unspecified atom stereocenters. The average Bonchev–Trinajstić information content (AvgIpc) is 3.05. The molecule has 0 radical (unpaired) electrons. The molecular formula is C12H21N3O3S. The van der Waals surface area contributed by atoms with E-state index >= 15 is 0 Å². The van der Waals surface area contributed by atoms with Crippen LogP contribution in [0.3, 0.4) is 0 Å². The molecule has 1 saturated carbocycles. The molecule has 6 nitrogen and oxygen atoms in total. The highest BCUT2D eigenvalue weighted by molar-refractivity contribution is 7.87. The molecule has 0 aliphatic heterocycles. The SMILES string of the molecule is CN(CCCNC1CC1)S(=O)(=O)NCc1ccoc1. The van der Waals surface area contributed by atoms with Gasteiger partial charge in [-0.3, -0.25) is 0 Å². The lowest BCUT2D eigenvalue weighted by molar-refractivity contribution is 0.444. The van der Waals surface area contributed by atoms with Crippen LogP contribution in [-0.2, 0) is 16.8 Å². The zero-order chi connectivity index (χ0) is 13.7. The fraction of sp³-hybridized carbons (Fsp3) is 0.667. The van der Waals surface area contributed by atoms with Gasteiger partial charge in [0.15, 0.2) is 0 Å². The van der Waals surface area contributed by atoms with Gasteiger partial charge in [0.2, 0.25) is 0 Å². The number of furan rings is 1. The van der Waals surface area contributed by atoms with Crippen LogP contribution in [0.2, 0.25) is 0 Å². The van der Waals surface area contributed by atoms with E-state index in [9.17, 15) is 8.42 Å². The molecule has 1 heterocycles. The van der Waals surface area contributed by atoms with Gasteiger partial charge >= 0.3 is 0 Å². The van der Waals surface area contributed by atoms with Crippen molar-refractivity contribution in [3.8, 4) is 0 Å². The van der Waals surface area contributed by atoms with E-state index in [1.165, 1.54) is 29.7 Å². The molecule has 108 valence electrons. The fourth-order valence-electron chi connectivity index (χ4n) is 1.69. The van der Waals surface area contributed by atoms with Crippen molar-refractivity contribution in [1.82, 2.24) is 14.3 Å². The van der Waals surface area contributed by atoms with Gasteiger partial charge in [0.1, 0.15) is 0 Å². The molecule has 1 aromatic rings. The molecule has 1 aliphatic carbocycles. The number of hydrogen-bond donors (Lipinski definition) is 2. The van der Waals surface area contributed by atoms with Gasteiger partial charge in [-0.2, -0.15) is 17.4 Å². The summed E-state index contributed by atoms with van der Waals surface area (Å²) < 4.78 is 32.6. The summed E-state index contributed by atoms with van der Waals surface area (Å²) in [6.45, 7) is 1.64. The summed E-state index contributed by atoms with van der Waals surface area (Å²) in [7, 11) is -1.82. The van der Waals surface area contributed by atoms with Crippen LogP contribution in [0.25, 0.3) is 0 Å². The second kappa shape index (κ2) is 6.51. The summed E-state index contributed by atoms with van der Waals surface area (Å²) in [5, 5.41) is 3.36. The van der Waals surface area contributed by atoms with E-state index in [1.807, 2.05) is 0 Å². The number of nitrogens with one attached hydrogen (secondary N) is 2. The van der Waals surface area contributed by atoms with Crippen LogP contribution >= 0.6 is 0 Å². The molecule has 19 heavy (non-hydrogen) atoms. The van der Waals surface area contributed by atoms with Gasteiger partial charge in [-0.15, -0.1) is 0 Å². The molecule has 0 atom stereocenters. The minimum atomic E-state index is -3.41. The molecule has 1 aromatic heterocycles. The van der Waals surface area contributed by atoms with Gasteiger partial charge in [-0.1, -0.05) is 0 Å². The Balaban J connectivity index is 1.67. The third-order valence-corrected chi connectivity index (χ3v) is 4.62. The van der Waals surface area contributed by atoms with E-state index in [1.54, 1.807) is 13.1 Å². The van der Waals surface area contributed by atoms with Crippen molar-refractivity contribution in [1.29, 1.82) is 0 Å². The quantitative estimate of drug-likeness (QED) is 0.655. The van der Waals surface area contributed by atoms with Crippen molar-refractivity contribution in [2.75, 3.05) is 20.1 Å². The van der Waals surface area contributed by atoms with E-state index in [0.717, 1.165) is 18.5 Å². The largest absolute Gasteiger partial charge is 0.472 e. The highest BCUT2D eigenvalue weighted by Gasteiger charge is 2.20. The summed E-state index contributed by atoms with van der Waals surface area (Å²) >= 11 is 0. The maximum absolute atomic E-state index is 11.9. The predicted molar refractivity (Wildman–Crippen MR) is 72.7 cm³/mol. The molecule has 7 heteroatoms. The van der Waals surface area contributed by atoms with Crippen LogP contribution in [-0.4, -0.2) is 38.9 Å². The van der Waals surface area contributed by atoms with Crippen molar-refractivity contribution in [3.05, 3.63) is 24.2 Å². The summed E-state index contributed by atoms with van der Waals surface area (Å²) in [6, 6.07) is 2.41. The molecule has 2 rings (SSSR count). The lowest BCUT2D eigenvalue weighted by Crippen LogP contribution is -2.39. The molecule has 0 spiro atoms. The molecule has 0 amide bonds. The first kappa shape index (κ1) is 14.5. The minimum absolute atomic E-state index is 0.253. The summed E-state index contributed by atoms with van der Waals surface area (Å²) in [5.74, 6) is 0. The predicted octanol–water partition coefficient (Wildman–Crippen LogP) is 0.688. The Bertz CT molecular complexity index is 468. The molecule has 2 N–H and O–H groups in total. The van der Waals surface area contributed by atoms with Gasteiger partial charge < -0.3 is 9.73 Å². The average molecular weight is 287 g/mol. The summed E-state index contributed by atoms with van der Waals surface area (Å²) in [5.41, 5.74) is 0.812. The zero-order valence-electron chi connectivity index (χ0n) is 11.1. The van der Waals surface area contributed by atoms with Gasteiger partial charge in [0.25, 0.3) is 10.2 Å². The lowest BCUT2D eigenvalue weighted by Gasteiger charge is -2.17. The summed E-state index contributed by atoms with van der Waals surface area (Å²) in [4.78, 5) is 0. The Hall–Kier alpha value is -0.890. The van der Waals surface area contributed by atoms with Crippen LogP contribution in [0.15, 0.2) is 23.0 Å². The minimum Gasteiger partial charge on any atom is -0.472 e. The van der Waals surface area contributed by atoms with Crippen molar-refractivity contribution < 1.29 is 12.8 Å². The number of rotatable bonds is 9. The zero-order valence-corrected chi connectivity index (χ0v) is 11.9. The van der Waals surface area contributed by atoms with Crippen LogP contribution in [0.1, 0.15) is 24.8 Å². The molecule has 0 saturated heterocycles.